The van der Waals surface area contributed by atoms with Crippen molar-refractivity contribution >= 4 is 5.97 Å². The summed E-state index contributed by atoms with van der Waals surface area (Å²) in [6.45, 7) is 3.80. The lowest BCUT2D eigenvalue weighted by Crippen LogP contribution is -2.46. The molecule has 1 aliphatic heterocycles. The zero-order valence-electron chi connectivity index (χ0n) is 12.9. The maximum Gasteiger partial charge on any atom is 0.337 e. The minimum absolute atomic E-state index is 0.227. The van der Waals surface area contributed by atoms with Crippen molar-refractivity contribution in [2.75, 3.05) is 13.7 Å². The van der Waals surface area contributed by atoms with Crippen LogP contribution in [0.2, 0.25) is 0 Å². The van der Waals surface area contributed by atoms with E-state index in [0.29, 0.717) is 5.56 Å². The average molecular weight is 291 g/mol. The Labute approximate surface area is 126 Å². The van der Waals surface area contributed by atoms with Crippen molar-refractivity contribution in [1.82, 2.24) is 4.90 Å². The fourth-order valence-corrected chi connectivity index (χ4v) is 3.07. The number of carbonyl (C=O) groups is 1. The number of ether oxygens (including phenoxy) is 1. The molecule has 0 spiro atoms. The van der Waals surface area contributed by atoms with Crippen LogP contribution in [-0.2, 0) is 11.3 Å². The standard InChI is InChI=1S/C17H25NO3/c1-3-16(19)15-9-4-5-10-18(15)12-13-7-6-8-14(11-13)17(20)21-2/h6-8,11,15-16,19H,3-5,9-10,12H2,1-2H3. The predicted molar refractivity (Wildman–Crippen MR) is 82.1 cm³/mol. The minimum atomic E-state index is -0.305. The van der Waals surface area contributed by atoms with Crippen LogP contribution in [0.3, 0.4) is 0 Å². The summed E-state index contributed by atoms with van der Waals surface area (Å²) in [5.74, 6) is -0.305. The Morgan fingerprint density at radius 1 is 1.48 bits per heavy atom. The number of hydrogen-bond acceptors (Lipinski definition) is 4. The van der Waals surface area contributed by atoms with Crippen molar-refractivity contribution in [3.05, 3.63) is 35.4 Å². The van der Waals surface area contributed by atoms with Crippen LogP contribution in [-0.4, -0.2) is 41.8 Å². The third kappa shape index (κ3) is 4.05. The second kappa shape index (κ2) is 7.57. The summed E-state index contributed by atoms with van der Waals surface area (Å²) >= 11 is 0. The Balaban J connectivity index is 2.10. The highest BCUT2D eigenvalue weighted by Gasteiger charge is 2.27. The highest BCUT2D eigenvalue weighted by atomic mass is 16.5. The zero-order chi connectivity index (χ0) is 15.2. The van der Waals surface area contributed by atoms with Gasteiger partial charge in [0, 0.05) is 12.6 Å². The largest absolute Gasteiger partial charge is 0.465 e. The van der Waals surface area contributed by atoms with Crippen LogP contribution in [0.25, 0.3) is 0 Å². The van der Waals surface area contributed by atoms with Gasteiger partial charge in [0.2, 0.25) is 0 Å². The number of likely N-dealkylation sites (tertiary alicyclic amines) is 1. The lowest BCUT2D eigenvalue weighted by atomic mass is 9.95. The summed E-state index contributed by atoms with van der Waals surface area (Å²) in [5, 5.41) is 10.2. The molecule has 1 aromatic carbocycles. The average Bonchev–Trinajstić information content (AvgIpc) is 2.54. The van der Waals surface area contributed by atoms with Crippen molar-refractivity contribution in [2.24, 2.45) is 0 Å². The SMILES string of the molecule is CCC(O)C1CCCCN1Cc1cccc(C(=O)OC)c1. The minimum Gasteiger partial charge on any atom is -0.465 e. The first-order chi connectivity index (χ1) is 10.2. The van der Waals surface area contributed by atoms with Gasteiger partial charge in [0.25, 0.3) is 0 Å². The zero-order valence-corrected chi connectivity index (χ0v) is 12.9. The van der Waals surface area contributed by atoms with E-state index in [1.807, 2.05) is 25.1 Å². The van der Waals surface area contributed by atoms with E-state index < -0.39 is 0 Å². The molecule has 0 saturated carbocycles. The van der Waals surface area contributed by atoms with Gasteiger partial charge < -0.3 is 9.84 Å². The third-order valence-corrected chi connectivity index (χ3v) is 4.26. The summed E-state index contributed by atoms with van der Waals surface area (Å²) in [6, 6.07) is 7.79. The van der Waals surface area contributed by atoms with Crippen LogP contribution in [0.1, 0.15) is 48.5 Å². The topological polar surface area (TPSA) is 49.8 Å². The highest BCUT2D eigenvalue weighted by Crippen LogP contribution is 2.23. The molecule has 1 heterocycles. The molecule has 1 fully saturated rings. The molecule has 116 valence electrons. The van der Waals surface area contributed by atoms with Crippen LogP contribution >= 0.6 is 0 Å². The number of benzene rings is 1. The third-order valence-electron chi connectivity index (χ3n) is 4.26. The number of esters is 1. The molecule has 0 amide bonds. The van der Waals surface area contributed by atoms with E-state index in [9.17, 15) is 9.90 Å². The molecule has 0 aromatic heterocycles. The molecular weight excluding hydrogens is 266 g/mol. The van der Waals surface area contributed by atoms with E-state index in [1.54, 1.807) is 6.07 Å². The lowest BCUT2D eigenvalue weighted by molar-refractivity contribution is 0.0195. The number of nitrogens with zero attached hydrogens (tertiary/aromatic N) is 1. The first-order valence-corrected chi connectivity index (χ1v) is 7.75. The van der Waals surface area contributed by atoms with Gasteiger partial charge in [-0.1, -0.05) is 25.5 Å². The predicted octanol–water partition coefficient (Wildman–Crippen LogP) is 2.60. The van der Waals surface area contributed by atoms with E-state index in [4.69, 9.17) is 4.74 Å². The molecule has 2 unspecified atom stereocenters. The molecule has 0 bridgehead atoms. The molecule has 4 nitrogen and oxygen atoms in total. The second-order valence-corrected chi connectivity index (χ2v) is 5.70. The fourth-order valence-electron chi connectivity index (χ4n) is 3.07. The van der Waals surface area contributed by atoms with Gasteiger partial charge in [-0.05, 0) is 43.5 Å². The van der Waals surface area contributed by atoms with Gasteiger partial charge in [-0.25, -0.2) is 4.79 Å². The van der Waals surface area contributed by atoms with Crippen LogP contribution in [0.15, 0.2) is 24.3 Å². The summed E-state index contributed by atoms with van der Waals surface area (Å²) in [7, 11) is 1.40. The Kier molecular flexibility index (Phi) is 5.76. The van der Waals surface area contributed by atoms with Crippen LogP contribution in [0, 0.1) is 0 Å². The highest BCUT2D eigenvalue weighted by molar-refractivity contribution is 5.89. The van der Waals surface area contributed by atoms with Gasteiger partial charge in [-0.3, -0.25) is 4.90 Å². The van der Waals surface area contributed by atoms with Crippen LogP contribution in [0.4, 0.5) is 0 Å². The van der Waals surface area contributed by atoms with E-state index in [0.717, 1.165) is 31.5 Å². The number of aliphatic hydroxyl groups excluding tert-OH is 1. The van der Waals surface area contributed by atoms with Crippen molar-refractivity contribution in [3.8, 4) is 0 Å². The first-order valence-electron chi connectivity index (χ1n) is 7.75. The molecule has 21 heavy (non-hydrogen) atoms. The van der Waals surface area contributed by atoms with E-state index in [-0.39, 0.29) is 18.1 Å². The van der Waals surface area contributed by atoms with Crippen molar-refractivity contribution in [1.29, 1.82) is 0 Å². The van der Waals surface area contributed by atoms with E-state index in [2.05, 4.69) is 4.90 Å². The van der Waals surface area contributed by atoms with Crippen molar-refractivity contribution < 1.29 is 14.6 Å². The second-order valence-electron chi connectivity index (χ2n) is 5.70. The van der Waals surface area contributed by atoms with E-state index in [1.165, 1.54) is 20.0 Å². The van der Waals surface area contributed by atoms with Gasteiger partial charge in [-0.15, -0.1) is 0 Å². The number of carbonyl (C=O) groups excluding carboxylic acids is 1. The Bertz CT molecular complexity index is 475. The number of aliphatic hydroxyl groups is 1. The normalized spacial score (nSPS) is 21.0. The molecule has 1 aliphatic rings. The Hall–Kier alpha value is -1.39. The summed E-state index contributed by atoms with van der Waals surface area (Å²) in [6.07, 6.45) is 3.91. The molecule has 0 aliphatic carbocycles. The monoisotopic (exact) mass is 291 g/mol. The number of rotatable bonds is 5. The maximum absolute atomic E-state index is 11.6. The number of methoxy groups -OCH3 is 1. The van der Waals surface area contributed by atoms with Gasteiger partial charge in [0.05, 0.1) is 18.8 Å². The Morgan fingerprint density at radius 2 is 2.29 bits per heavy atom. The molecular formula is C17H25NO3. The molecule has 4 heteroatoms. The lowest BCUT2D eigenvalue weighted by Gasteiger charge is -2.38. The van der Waals surface area contributed by atoms with Gasteiger partial charge in [0.15, 0.2) is 0 Å². The fraction of sp³-hybridized carbons (Fsp3) is 0.588. The molecule has 1 saturated heterocycles. The molecule has 1 aromatic rings. The summed E-state index contributed by atoms with van der Waals surface area (Å²) in [4.78, 5) is 13.9. The quantitative estimate of drug-likeness (QED) is 0.847. The van der Waals surface area contributed by atoms with Crippen LogP contribution < -0.4 is 0 Å². The molecule has 2 rings (SSSR count). The van der Waals surface area contributed by atoms with Crippen molar-refractivity contribution in [2.45, 2.75) is 51.3 Å². The first kappa shape index (κ1) is 16.0. The maximum atomic E-state index is 11.6. The van der Waals surface area contributed by atoms with Gasteiger partial charge in [0.1, 0.15) is 0 Å². The number of hydrogen-bond donors (Lipinski definition) is 1. The van der Waals surface area contributed by atoms with E-state index >= 15 is 0 Å². The summed E-state index contributed by atoms with van der Waals surface area (Å²) < 4.78 is 4.77. The van der Waals surface area contributed by atoms with Crippen molar-refractivity contribution in [3.63, 3.8) is 0 Å². The van der Waals surface area contributed by atoms with Crippen LogP contribution in [0.5, 0.6) is 0 Å². The molecule has 2 atom stereocenters. The summed E-state index contributed by atoms with van der Waals surface area (Å²) in [5.41, 5.74) is 1.67. The van der Waals surface area contributed by atoms with Gasteiger partial charge >= 0.3 is 5.97 Å². The Morgan fingerprint density at radius 3 is 3.00 bits per heavy atom. The smallest absolute Gasteiger partial charge is 0.337 e. The van der Waals surface area contributed by atoms with Gasteiger partial charge in [-0.2, -0.15) is 0 Å². The molecule has 1 N–H and O–H groups in total. The number of piperidine rings is 1. The molecule has 0 radical (unpaired) electrons.